The van der Waals surface area contributed by atoms with Crippen molar-refractivity contribution in [1.82, 2.24) is 10.2 Å². The van der Waals surface area contributed by atoms with Crippen molar-refractivity contribution >= 4 is 39.2 Å². The van der Waals surface area contributed by atoms with Gasteiger partial charge in [0.15, 0.2) is 5.78 Å². The van der Waals surface area contributed by atoms with Gasteiger partial charge in [-0.2, -0.15) is 0 Å². The van der Waals surface area contributed by atoms with Gasteiger partial charge in [0.1, 0.15) is 0 Å². The first-order valence-corrected chi connectivity index (χ1v) is 14.2. The zero-order chi connectivity index (χ0) is 24.9. The molecule has 1 aromatic heterocycles. The second kappa shape index (κ2) is 11.5. The van der Waals surface area contributed by atoms with Gasteiger partial charge in [-0.3, -0.25) is 9.59 Å². The van der Waals surface area contributed by atoms with Crippen LogP contribution in [0.1, 0.15) is 66.1 Å². The monoisotopic (exact) mass is 500 g/mol. The van der Waals surface area contributed by atoms with Crippen molar-refractivity contribution in [1.29, 1.82) is 0 Å². The number of nitrogens with one attached hydrogen (secondary N) is 1. The van der Waals surface area contributed by atoms with Crippen LogP contribution in [-0.2, 0) is 17.6 Å². The molecule has 1 amide bonds. The topological polar surface area (TPSA) is 49.4 Å². The summed E-state index contributed by atoms with van der Waals surface area (Å²) >= 11 is 1.72. The molecule has 3 aromatic rings. The highest BCUT2D eigenvalue weighted by Crippen LogP contribution is 2.29. The fraction of sp³-hybridized carbons (Fsp3) is 0.419. The van der Waals surface area contributed by atoms with Crippen LogP contribution in [0, 0.1) is 5.92 Å². The molecule has 1 aliphatic heterocycles. The lowest BCUT2D eigenvalue weighted by Gasteiger charge is -2.30. The molecule has 0 atom stereocenters. The molecule has 5 heteroatoms. The van der Waals surface area contributed by atoms with Crippen LogP contribution in [-0.4, -0.2) is 42.3 Å². The van der Waals surface area contributed by atoms with E-state index in [0.717, 1.165) is 62.4 Å². The summed E-state index contributed by atoms with van der Waals surface area (Å²) in [6.45, 7) is 4.97. The maximum atomic E-state index is 12.5. The van der Waals surface area contributed by atoms with Crippen LogP contribution in [0.5, 0.6) is 0 Å². The van der Waals surface area contributed by atoms with Crippen LogP contribution < -0.4 is 5.32 Å². The smallest absolute Gasteiger partial charge is 0.244 e. The summed E-state index contributed by atoms with van der Waals surface area (Å²) in [5.41, 5.74) is 4.70. The number of carbonyl (C=O) groups is 2. The van der Waals surface area contributed by atoms with Crippen molar-refractivity contribution in [2.45, 2.75) is 57.9 Å². The second-order valence-electron chi connectivity index (χ2n) is 10.4. The Morgan fingerprint density at radius 2 is 1.81 bits per heavy atom. The van der Waals surface area contributed by atoms with E-state index in [-0.39, 0.29) is 11.7 Å². The summed E-state index contributed by atoms with van der Waals surface area (Å²) in [5.74, 6) is 0.921. The molecule has 5 rings (SSSR count). The number of hydrogen-bond acceptors (Lipinski definition) is 4. The van der Waals surface area contributed by atoms with Crippen LogP contribution in [0.2, 0.25) is 0 Å². The number of nitrogens with zero attached hydrogens (tertiary/aromatic N) is 1. The van der Waals surface area contributed by atoms with Crippen LogP contribution >= 0.6 is 11.3 Å². The van der Waals surface area contributed by atoms with Gasteiger partial charge in [0.25, 0.3) is 0 Å². The molecule has 1 aliphatic carbocycles. The van der Waals surface area contributed by atoms with E-state index >= 15 is 0 Å². The number of benzene rings is 2. The Kier molecular flexibility index (Phi) is 7.98. The number of fused-ring (bicyclic) bond motifs is 2. The van der Waals surface area contributed by atoms with Crippen molar-refractivity contribution in [2.75, 3.05) is 19.6 Å². The lowest BCUT2D eigenvalue weighted by atomic mass is 9.84. The molecular weight excluding hydrogens is 464 g/mol. The minimum absolute atomic E-state index is 0.0193. The number of hydrogen-bond donors (Lipinski definition) is 1. The molecule has 0 spiro atoms. The normalized spacial score (nSPS) is 20.8. The van der Waals surface area contributed by atoms with Gasteiger partial charge >= 0.3 is 0 Å². The maximum absolute atomic E-state index is 12.5. The van der Waals surface area contributed by atoms with Crippen LogP contribution in [0.3, 0.4) is 0 Å². The summed E-state index contributed by atoms with van der Waals surface area (Å²) in [7, 11) is 0. The molecular formula is C31H36N2O2S. The first kappa shape index (κ1) is 24.9. The van der Waals surface area contributed by atoms with Gasteiger partial charge in [0, 0.05) is 35.5 Å². The molecule has 1 N–H and O–H groups in total. The van der Waals surface area contributed by atoms with Crippen molar-refractivity contribution in [2.24, 2.45) is 5.92 Å². The molecule has 0 unspecified atom stereocenters. The summed E-state index contributed by atoms with van der Waals surface area (Å²) < 4.78 is 1.25. The fourth-order valence-corrected chi connectivity index (χ4v) is 6.65. The standard InChI is InChI=1S/C31H36N2O2S/c1-22(34)25-9-8-24-15-18-33(19-16-26(24)20-25)17-14-23-6-11-28(12-7-23)32-31(35)13-10-27-21-36-30-5-3-2-4-29(27)30/h2-5,8-10,13,20-21,23,28H,6-7,11-12,14-19H2,1H3,(H,32,35). The third-order valence-corrected chi connectivity index (χ3v) is 8.96. The zero-order valence-electron chi connectivity index (χ0n) is 21.2. The third kappa shape index (κ3) is 6.13. The van der Waals surface area contributed by atoms with Crippen LogP contribution in [0.25, 0.3) is 16.2 Å². The Hall–Kier alpha value is -2.76. The van der Waals surface area contributed by atoms with E-state index in [1.807, 2.05) is 24.3 Å². The van der Waals surface area contributed by atoms with Crippen molar-refractivity contribution in [3.63, 3.8) is 0 Å². The molecule has 1 fully saturated rings. The highest BCUT2D eigenvalue weighted by atomic mass is 32.1. The number of rotatable bonds is 7. The minimum atomic E-state index is 0.0193. The molecule has 2 aliphatic rings. The molecule has 4 nitrogen and oxygen atoms in total. The predicted molar refractivity (Wildman–Crippen MR) is 150 cm³/mol. The summed E-state index contributed by atoms with van der Waals surface area (Å²) in [4.78, 5) is 26.8. The molecule has 2 heterocycles. The van der Waals surface area contributed by atoms with E-state index < -0.39 is 0 Å². The Bertz CT molecular complexity index is 1250. The minimum Gasteiger partial charge on any atom is -0.350 e. The van der Waals surface area contributed by atoms with Gasteiger partial charge in [0.05, 0.1) is 0 Å². The maximum Gasteiger partial charge on any atom is 0.244 e. The van der Waals surface area contributed by atoms with Gasteiger partial charge in [-0.25, -0.2) is 0 Å². The Morgan fingerprint density at radius 1 is 1.03 bits per heavy atom. The van der Waals surface area contributed by atoms with Gasteiger partial charge in [-0.1, -0.05) is 30.3 Å². The van der Waals surface area contributed by atoms with Crippen molar-refractivity contribution in [3.8, 4) is 0 Å². The van der Waals surface area contributed by atoms with Crippen LogP contribution in [0.15, 0.2) is 53.9 Å². The SMILES string of the molecule is CC(=O)c1ccc2c(c1)CCN(CCC1CCC(NC(=O)C=Cc3csc4ccccc34)CC1)CC2. The Balaban J connectivity index is 1.04. The average Bonchev–Trinajstić information content (AvgIpc) is 3.19. The predicted octanol–water partition coefficient (Wildman–Crippen LogP) is 6.28. The van der Waals surface area contributed by atoms with E-state index in [2.05, 4.69) is 39.9 Å². The lowest BCUT2D eigenvalue weighted by Crippen LogP contribution is -2.37. The summed E-state index contributed by atoms with van der Waals surface area (Å²) in [5, 5.41) is 6.56. The first-order chi connectivity index (χ1) is 17.5. The van der Waals surface area contributed by atoms with E-state index in [4.69, 9.17) is 0 Å². The fourth-order valence-electron chi connectivity index (χ4n) is 5.72. The molecule has 36 heavy (non-hydrogen) atoms. The number of thiophene rings is 1. The zero-order valence-corrected chi connectivity index (χ0v) is 22.0. The summed E-state index contributed by atoms with van der Waals surface area (Å²) in [6.07, 6.45) is 11.5. The summed E-state index contributed by atoms with van der Waals surface area (Å²) in [6, 6.07) is 14.9. The third-order valence-electron chi connectivity index (χ3n) is 7.98. The molecule has 1 saturated carbocycles. The van der Waals surface area contributed by atoms with Crippen molar-refractivity contribution in [3.05, 3.63) is 76.2 Å². The number of ketones is 1. The second-order valence-corrected chi connectivity index (χ2v) is 11.3. The highest BCUT2D eigenvalue weighted by Gasteiger charge is 2.23. The molecule has 0 radical (unpaired) electrons. The van der Waals surface area contributed by atoms with Crippen molar-refractivity contribution < 1.29 is 9.59 Å². The van der Waals surface area contributed by atoms with E-state index in [1.165, 1.54) is 40.5 Å². The van der Waals surface area contributed by atoms with Gasteiger partial charge in [-0.05, 0) is 110 Å². The first-order valence-electron chi connectivity index (χ1n) is 13.3. The lowest BCUT2D eigenvalue weighted by molar-refractivity contribution is -0.117. The Morgan fingerprint density at radius 3 is 2.61 bits per heavy atom. The number of amides is 1. The van der Waals surface area contributed by atoms with Gasteiger partial charge < -0.3 is 10.2 Å². The number of Topliss-reactive ketones (excluding diaryl/α,β-unsaturated/α-hetero) is 1. The molecule has 0 bridgehead atoms. The van der Waals surface area contributed by atoms with E-state index in [1.54, 1.807) is 24.3 Å². The van der Waals surface area contributed by atoms with Gasteiger partial charge in [0.2, 0.25) is 5.91 Å². The van der Waals surface area contributed by atoms with Gasteiger partial charge in [-0.15, -0.1) is 11.3 Å². The van der Waals surface area contributed by atoms with E-state index in [9.17, 15) is 9.59 Å². The molecule has 2 aromatic carbocycles. The Labute approximate surface area is 218 Å². The quantitative estimate of drug-likeness (QED) is 0.307. The largest absolute Gasteiger partial charge is 0.350 e. The van der Waals surface area contributed by atoms with Crippen LogP contribution in [0.4, 0.5) is 0 Å². The molecule has 0 saturated heterocycles. The highest BCUT2D eigenvalue weighted by molar-refractivity contribution is 7.17. The average molecular weight is 501 g/mol. The van der Waals surface area contributed by atoms with E-state index in [0.29, 0.717) is 6.04 Å². The number of carbonyl (C=O) groups excluding carboxylic acids is 2. The molecule has 188 valence electrons.